The van der Waals surface area contributed by atoms with Gasteiger partial charge in [-0.2, -0.15) is 9.50 Å². The van der Waals surface area contributed by atoms with Gasteiger partial charge in [0.25, 0.3) is 11.7 Å². The lowest BCUT2D eigenvalue weighted by molar-refractivity contribution is 0.0932. The highest BCUT2D eigenvalue weighted by Gasteiger charge is 2.26. The van der Waals surface area contributed by atoms with E-state index in [2.05, 4.69) is 30.2 Å². The second-order valence-corrected chi connectivity index (χ2v) is 11.0. The smallest absolute Gasteiger partial charge is 0.255 e. The van der Waals surface area contributed by atoms with E-state index in [-0.39, 0.29) is 11.9 Å². The van der Waals surface area contributed by atoms with Gasteiger partial charge in [0, 0.05) is 36.5 Å². The van der Waals surface area contributed by atoms with E-state index in [0.717, 1.165) is 47.8 Å². The number of methoxy groups -OCH3 is 3. The Morgan fingerprint density at radius 3 is 2.60 bits per heavy atom. The number of nitrogens with zero attached hydrogens (tertiary/aromatic N) is 6. The van der Waals surface area contributed by atoms with Gasteiger partial charge < -0.3 is 29.4 Å². The van der Waals surface area contributed by atoms with Crippen LogP contribution in [0, 0.1) is 6.92 Å². The Bertz CT molecular complexity index is 1690. The van der Waals surface area contributed by atoms with Crippen molar-refractivity contribution in [3.63, 3.8) is 0 Å². The lowest BCUT2D eigenvalue weighted by atomic mass is 10.0. The minimum absolute atomic E-state index is 0.0701. The van der Waals surface area contributed by atoms with E-state index in [1.54, 1.807) is 16.6 Å². The average Bonchev–Trinajstić information content (AvgIpc) is 3.62. The number of hydrogen-bond donors (Lipinski definition) is 2. The number of aromatic amines is 1. The Morgan fingerprint density at radius 1 is 1.07 bits per heavy atom. The number of para-hydroxylation sites is 2. The molecule has 1 fully saturated rings. The third-order valence-electron chi connectivity index (χ3n) is 7.19. The summed E-state index contributed by atoms with van der Waals surface area (Å²) in [5.41, 5.74) is 3.23. The molecule has 1 unspecified atom stereocenters. The van der Waals surface area contributed by atoms with Crippen LogP contribution in [-0.4, -0.2) is 75.9 Å². The fraction of sp³-hybridized carbons (Fsp3) is 0.345. The third kappa shape index (κ3) is 5.51. The predicted octanol–water partition coefficient (Wildman–Crippen LogP) is 4.03. The van der Waals surface area contributed by atoms with Crippen LogP contribution in [0.5, 0.6) is 17.2 Å². The van der Waals surface area contributed by atoms with Crippen LogP contribution in [0.15, 0.2) is 47.6 Å². The Hall–Kier alpha value is -4.52. The molecule has 4 heterocycles. The number of carbonyl (C=O) groups excluding carboxylic acids is 1. The zero-order valence-corrected chi connectivity index (χ0v) is 24.7. The van der Waals surface area contributed by atoms with Crippen molar-refractivity contribution in [3.05, 3.63) is 59.5 Å². The predicted molar refractivity (Wildman–Crippen MR) is 160 cm³/mol. The van der Waals surface area contributed by atoms with Gasteiger partial charge in [-0.05, 0) is 44.0 Å². The van der Waals surface area contributed by atoms with Gasteiger partial charge in [0.1, 0.15) is 11.6 Å². The highest BCUT2D eigenvalue weighted by atomic mass is 32.2. The fourth-order valence-corrected chi connectivity index (χ4v) is 5.91. The molecule has 0 spiro atoms. The number of imidazole rings is 1. The number of benzene rings is 2. The normalized spacial score (nSPS) is 15.2. The highest BCUT2D eigenvalue weighted by Crippen LogP contribution is 2.38. The van der Waals surface area contributed by atoms with Crippen LogP contribution < -0.4 is 24.4 Å². The van der Waals surface area contributed by atoms with Gasteiger partial charge in [-0.15, -0.1) is 5.10 Å². The van der Waals surface area contributed by atoms with Crippen molar-refractivity contribution in [2.75, 3.05) is 39.3 Å². The second kappa shape index (κ2) is 11.8. The number of aromatic nitrogens is 6. The minimum Gasteiger partial charge on any atom is -0.493 e. The van der Waals surface area contributed by atoms with Crippen LogP contribution in [0.4, 0.5) is 5.82 Å². The number of nitrogens with one attached hydrogen (secondary N) is 2. The van der Waals surface area contributed by atoms with Crippen molar-refractivity contribution in [2.24, 2.45) is 0 Å². The van der Waals surface area contributed by atoms with Gasteiger partial charge >= 0.3 is 0 Å². The first-order valence-electron chi connectivity index (χ1n) is 13.6. The number of ether oxygens (including phenoxy) is 3. The number of carbonyl (C=O) groups is 1. The van der Waals surface area contributed by atoms with Gasteiger partial charge in [0.2, 0.25) is 10.9 Å². The molecule has 1 atom stereocenters. The zero-order chi connectivity index (χ0) is 29.2. The number of rotatable bonds is 9. The fourth-order valence-electron chi connectivity index (χ4n) is 5.23. The summed E-state index contributed by atoms with van der Waals surface area (Å²) in [5.74, 6) is 4.02. The van der Waals surface area contributed by atoms with E-state index in [9.17, 15) is 4.79 Å². The first-order chi connectivity index (χ1) is 20.4. The molecule has 218 valence electrons. The van der Waals surface area contributed by atoms with Crippen molar-refractivity contribution in [1.82, 2.24) is 34.9 Å². The molecule has 13 heteroatoms. The number of piperidine rings is 1. The first-order valence-corrected chi connectivity index (χ1v) is 14.6. The molecule has 0 bridgehead atoms. The summed E-state index contributed by atoms with van der Waals surface area (Å²) in [6.07, 6.45) is 1.77. The summed E-state index contributed by atoms with van der Waals surface area (Å²) in [4.78, 5) is 32.8. The lowest BCUT2D eigenvalue weighted by Crippen LogP contribution is -2.48. The summed E-state index contributed by atoms with van der Waals surface area (Å²) in [7, 11) is 4.59. The summed E-state index contributed by atoms with van der Waals surface area (Å²) in [5, 5.41) is 8.59. The largest absolute Gasteiger partial charge is 0.493 e. The highest BCUT2D eigenvalue weighted by molar-refractivity contribution is 7.98. The molecule has 42 heavy (non-hydrogen) atoms. The van der Waals surface area contributed by atoms with Crippen molar-refractivity contribution in [1.29, 1.82) is 0 Å². The third-order valence-corrected chi connectivity index (χ3v) is 8.03. The molecule has 0 aliphatic carbocycles. The molecule has 1 aliphatic heterocycles. The molecule has 5 aromatic rings. The van der Waals surface area contributed by atoms with Gasteiger partial charge in [0.15, 0.2) is 11.5 Å². The van der Waals surface area contributed by atoms with Crippen LogP contribution in [0.25, 0.3) is 16.8 Å². The Balaban J connectivity index is 1.18. The van der Waals surface area contributed by atoms with E-state index in [1.807, 2.05) is 37.3 Å². The Kier molecular flexibility index (Phi) is 7.74. The van der Waals surface area contributed by atoms with Crippen molar-refractivity contribution >= 4 is 40.3 Å². The number of thioether (sulfide) groups is 1. The minimum atomic E-state index is -0.206. The Labute approximate surface area is 246 Å². The molecule has 12 nitrogen and oxygen atoms in total. The molecule has 2 N–H and O–H groups in total. The molecule has 1 aliphatic rings. The van der Waals surface area contributed by atoms with E-state index >= 15 is 0 Å². The number of amides is 1. The van der Waals surface area contributed by atoms with Crippen molar-refractivity contribution in [2.45, 2.75) is 36.7 Å². The molecule has 3 aromatic heterocycles. The van der Waals surface area contributed by atoms with Crippen LogP contribution in [0.2, 0.25) is 0 Å². The molecule has 1 saturated heterocycles. The summed E-state index contributed by atoms with van der Waals surface area (Å²) in [6.45, 7) is 3.40. The molecular formula is C29H32N8O4S. The standard InChI is InChI=1S/C29H32N8O4S/c1-17-12-25(37-28(30-17)34-29(35-37)42-16-24-32-20-9-5-6-10-21(20)33-24)36-11-7-8-19(15-36)31-27(38)18-13-22(39-2)26(41-4)23(14-18)40-3/h5-6,9-10,12-14,19H,7-8,11,15-16H2,1-4H3,(H,31,38)(H,32,33). The molecular weight excluding hydrogens is 556 g/mol. The van der Waals surface area contributed by atoms with Gasteiger partial charge in [-0.25, -0.2) is 9.97 Å². The second-order valence-electron chi connectivity index (χ2n) is 10.0. The van der Waals surface area contributed by atoms with Crippen molar-refractivity contribution < 1.29 is 19.0 Å². The molecule has 2 aromatic carbocycles. The zero-order valence-electron chi connectivity index (χ0n) is 23.9. The average molecular weight is 589 g/mol. The maximum absolute atomic E-state index is 13.3. The van der Waals surface area contributed by atoms with Crippen LogP contribution >= 0.6 is 11.8 Å². The number of H-pyrrole nitrogens is 1. The number of aryl methyl sites for hydroxylation is 1. The van der Waals surface area contributed by atoms with Gasteiger partial charge in [0.05, 0.1) is 38.1 Å². The van der Waals surface area contributed by atoms with Crippen molar-refractivity contribution in [3.8, 4) is 17.2 Å². The number of hydrogen-bond acceptors (Lipinski definition) is 10. The van der Waals surface area contributed by atoms with E-state index in [0.29, 0.717) is 46.0 Å². The summed E-state index contributed by atoms with van der Waals surface area (Å²) < 4.78 is 18.0. The maximum Gasteiger partial charge on any atom is 0.255 e. The maximum atomic E-state index is 13.3. The lowest BCUT2D eigenvalue weighted by Gasteiger charge is -2.34. The van der Waals surface area contributed by atoms with Gasteiger partial charge in [-0.1, -0.05) is 23.9 Å². The Morgan fingerprint density at radius 2 is 1.86 bits per heavy atom. The number of fused-ring (bicyclic) bond motifs is 2. The van der Waals surface area contributed by atoms with E-state index in [4.69, 9.17) is 19.3 Å². The van der Waals surface area contributed by atoms with Crippen LogP contribution in [0.3, 0.4) is 0 Å². The summed E-state index contributed by atoms with van der Waals surface area (Å²) in [6, 6.07) is 13.2. The molecule has 6 rings (SSSR count). The quantitative estimate of drug-likeness (QED) is 0.243. The van der Waals surface area contributed by atoms with Crippen LogP contribution in [-0.2, 0) is 5.75 Å². The monoisotopic (exact) mass is 588 g/mol. The first kappa shape index (κ1) is 27.6. The number of anilines is 1. The van der Waals surface area contributed by atoms with Crippen LogP contribution in [0.1, 0.15) is 34.7 Å². The van der Waals surface area contributed by atoms with E-state index < -0.39 is 0 Å². The SMILES string of the molecule is COc1cc(C(=O)NC2CCCN(c3cc(C)nc4nc(SCc5nc6ccccc6[nH]5)nn34)C2)cc(OC)c1OC. The van der Waals surface area contributed by atoms with E-state index in [1.165, 1.54) is 33.1 Å². The molecule has 0 radical (unpaired) electrons. The topological polar surface area (TPSA) is 132 Å². The van der Waals surface area contributed by atoms with Gasteiger partial charge in [-0.3, -0.25) is 4.79 Å². The molecule has 0 saturated carbocycles. The molecule has 1 amide bonds. The summed E-state index contributed by atoms with van der Waals surface area (Å²) >= 11 is 1.51.